The third-order valence-corrected chi connectivity index (χ3v) is 3.99. The lowest BCUT2D eigenvalue weighted by Crippen LogP contribution is -2.53. The molecule has 0 aliphatic carbocycles. The first kappa shape index (κ1) is 14.4. The summed E-state index contributed by atoms with van der Waals surface area (Å²) in [5.41, 5.74) is 8.33. The Hall–Kier alpha value is -1.06. The second-order valence-corrected chi connectivity index (χ2v) is 6.49. The van der Waals surface area contributed by atoms with Crippen LogP contribution in [0.3, 0.4) is 0 Å². The molecule has 3 nitrogen and oxygen atoms in total. The molecule has 0 bridgehead atoms. The van der Waals surface area contributed by atoms with Gasteiger partial charge in [-0.25, -0.2) is 0 Å². The first-order chi connectivity index (χ1) is 8.95. The van der Waals surface area contributed by atoms with Crippen molar-refractivity contribution in [2.24, 2.45) is 0 Å². The molecule has 0 atom stereocenters. The summed E-state index contributed by atoms with van der Waals surface area (Å²) in [6, 6.07) is 8.25. The van der Waals surface area contributed by atoms with Gasteiger partial charge < -0.3 is 10.6 Å². The van der Waals surface area contributed by atoms with Gasteiger partial charge in [0.1, 0.15) is 0 Å². The predicted octanol–water partition coefficient (Wildman–Crippen LogP) is 2.23. The van der Waals surface area contributed by atoms with E-state index in [1.54, 1.807) is 0 Å². The van der Waals surface area contributed by atoms with E-state index in [0.717, 1.165) is 18.7 Å². The zero-order chi connectivity index (χ0) is 13.9. The zero-order valence-corrected chi connectivity index (χ0v) is 12.5. The molecule has 19 heavy (non-hydrogen) atoms. The average molecular weight is 261 g/mol. The van der Waals surface area contributed by atoms with Gasteiger partial charge in [0.05, 0.1) is 0 Å². The van der Waals surface area contributed by atoms with E-state index in [9.17, 15) is 0 Å². The second kappa shape index (κ2) is 5.93. The minimum atomic E-state index is 0.306. The van der Waals surface area contributed by atoms with E-state index >= 15 is 0 Å². The lowest BCUT2D eigenvalue weighted by Gasteiger charge is -2.42. The molecule has 0 saturated carbocycles. The van der Waals surface area contributed by atoms with Gasteiger partial charge in [-0.3, -0.25) is 4.90 Å². The molecule has 0 aromatic heterocycles. The maximum Gasteiger partial charge on any atom is 0.0316 e. The molecule has 2 rings (SSSR count). The summed E-state index contributed by atoms with van der Waals surface area (Å²) in [6.45, 7) is 12.8. The van der Waals surface area contributed by atoms with E-state index in [0.29, 0.717) is 5.54 Å². The van der Waals surface area contributed by atoms with E-state index in [4.69, 9.17) is 5.73 Å². The molecule has 0 radical (unpaired) electrons. The van der Waals surface area contributed by atoms with Crippen LogP contribution in [0, 0.1) is 0 Å². The summed E-state index contributed by atoms with van der Waals surface area (Å²) in [5, 5.41) is 0. The van der Waals surface area contributed by atoms with E-state index in [1.165, 1.54) is 31.7 Å². The largest absolute Gasteiger partial charge is 0.399 e. The molecule has 0 amide bonds. The summed E-state index contributed by atoms with van der Waals surface area (Å²) in [4.78, 5) is 5.13. The fraction of sp³-hybridized carbons (Fsp3) is 0.625. The molecular weight excluding hydrogens is 234 g/mol. The van der Waals surface area contributed by atoms with Crippen LogP contribution in [0.1, 0.15) is 26.3 Å². The highest BCUT2D eigenvalue weighted by atomic mass is 15.3. The van der Waals surface area contributed by atoms with Crippen LogP contribution in [0.4, 0.5) is 5.69 Å². The van der Waals surface area contributed by atoms with Gasteiger partial charge in [-0.2, -0.15) is 0 Å². The lowest BCUT2D eigenvalue weighted by atomic mass is 10.0. The second-order valence-electron chi connectivity index (χ2n) is 6.49. The Morgan fingerprint density at radius 2 is 1.79 bits per heavy atom. The third kappa shape index (κ3) is 4.22. The van der Waals surface area contributed by atoms with Crippen molar-refractivity contribution in [1.82, 2.24) is 9.80 Å². The number of nitrogen functional groups attached to an aromatic ring is 1. The van der Waals surface area contributed by atoms with Crippen molar-refractivity contribution in [1.29, 1.82) is 0 Å². The van der Waals surface area contributed by atoms with Gasteiger partial charge in [0.25, 0.3) is 0 Å². The van der Waals surface area contributed by atoms with E-state index in [1.807, 2.05) is 12.1 Å². The lowest BCUT2D eigenvalue weighted by molar-refractivity contribution is 0.0629. The summed E-state index contributed by atoms with van der Waals surface area (Å²) in [7, 11) is 0. The van der Waals surface area contributed by atoms with Crippen LogP contribution in [0.15, 0.2) is 24.3 Å². The van der Waals surface area contributed by atoms with Crippen LogP contribution in [0.5, 0.6) is 0 Å². The highest BCUT2D eigenvalue weighted by Crippen LogP contribution is 2.16. The number of piperazine rings is 1. The molecular formula is C16H27N3. The topological polar surface area (TPSA) is 32.5 Å². The van der Waals surface area contributed by atoms with Gasteiger partial charge in [-0.1, -0.05) is 12.1 Å². The smallest absolute Gasteiger partial charge is 0.0316 e. The Kier molecular flexibility index (Phi) is 4.48. The van der Waals surface area contributed by atoms with E-state index in [2.05, 4.69) is 42.7 Å². The first-order valence-corrected chi connectivity index (χ1v) is 7.27. The summed E-state index contributed by atoms with van der Waals surface area (Å²) in [6.07, 6.45) is 1.10. The molecule has 0 unspecified atom stereocenters. The van der Waals surface area contributed by atoms with Crippen molar-refractivity contribution in [3.63, 3.8) is 0 Å². The molecule has 0 spiro atoms. The maximum atomic E-state index is 5.81. The Balaban J connectivity index is 1.77. The molecule has 1 aliphatic heterocycles. The molecule has 1 saturated heterocycles. The summed E-state index contributed by atoms with van der Waals surface area (Å²) >= 11 is 0. The van der Waals surface area contributed by atoms with Crippen molar-refractivity contribution in [3.8, 4) is 0 Å². The first-order valence-electron chi connectivity index (χ1n) is 7.27. The Morgan fingerprint density at radius 3 is 2.37 bits per heavy atom. The zero-order valence-electron chi connectivity index (χ0n) is 12.5. The van der Waals surface area contributed by atoms with E-state index in [-0.39, 0.29) is 0 Å². The Bertz CT molecular complexity index is 401. The summed E-state index contributed by atoms with van der Waals surface area (Å²) < 4.78 is 0. The standard InChI is InChI=1S/C16H27N3/c1-16(2,3)19-11-9-18(10-12-19)8-7-14-5-4-6-15(17)13-14/h4-6,13H,7-12,17H2,1-3H3. The van der Waals surface area contributed by atoms with Gasteiger partial charge in [0, 0.05) is 44.0 Å². The van der Waals surface area contributed by atoms with Crippen LogP contribution in [-0.2, 0) is 6.42 Å². The Labute approximate surface area is 117 Å². The van der Waals surface area contributed by atoms with Crippen molar-refractivity contribution >= 4 is 5.69 Å². The molecule has 1 aliphatic rings. The van der Waals surface area contributed by atoms with Crippen molar-refractivity contribution < 1.29 is 0 Å². The van der Waals surface area contributed by atoms with Crippen molar-refractivity contribution in [2.45, 2.75) is 32.7 Å². The van der Waals surface area contributed by atoms with Crippen LogP contribution in [0.2, 0.25) is 0 Å². The fourth-order valence-corrected chi connectivity index (χ4v) is 2.68. The van der Waals surface area contributed by atoms with Crippen LogP contribution in [-0.4, -0.2) is 48.1 Å². The highest BCUT2D eigenvalue weighted by Gasteiger charge is 2.25. The number of nitrogens with two attached hydrogens (primary N) is 1. The number of nitrogens with zero attached hydrogens (tertiary/aromatic N) is 2. The van der Waals surface area contributed by atoms with Crippen molar-refractivity contribution in [3.05, 3.63) is 29.8 Å². The number of anilines is 1. The number of hydrogen-bond donors (Lipinski definition) is 1. The van der Waals surface area contributed by atoms with Gasteiger partial charge in [-0.05, 0) is 44.9 Å². The average Bonchev–Trinajstić information content (AvgIpc) is 2.36. The highest BCUT2D eigenvalue weighted by molar-refractivity contribution is 5.40. The molecule has 3 heteroatoms. The quantitative estimate of drug-likeness (QED) is 0.847. The number of rotatable bonds is 3. The van der Waals surface area contributed by atoms with Crippen LogP contribution < -0.4 is 5.73 Å². The minimum absolute atomic E-state index is 0.306. The minimum Gasteiger partial charge on any atom is -0.399 e. The number of hydrogen-bond acceptors (Lipinski definition) is 3. The van der Waals surface area contributed by atoms with E-state index < -0.39 is 0 Å². The van der Waals surface area contributed by atoms with Crippen molar-refractivity contribution in [2.75, 3.05) is 38.5 Å². The van der Waals surface area contributed by atoms with Gasteiger partial charge in [-0.15, -0.1) is 0 Å². The monoisotopic (exact) mass is 261 g/mol. The Morgan fingerprint density at radius 1 is 1.11 bits per heavy atom. The van der Waals surface area contributed by atoms with Gasteiger partial charge >= 0.3 is 0 Å². The molecule has 1 aromatic rings. The fourth-order valence-electron chi connectivity index (χ4n) is 2.68. The molecule has 1 fully saturated rings. The SMILES string of the molecule is CC(C)(C)N1CCN(CCc2cccc(N)c2)CC1. The summed E-state index contributed by atoms with van der Waals surface area (Å²) in [5.74, 6) is 0. The van der Waals surface area contributed by atoms with Crippen LogP contribution >= 0.6 is 0 Å². The van der Waals surface area contributed by atoms with Gasteiger partial charge in [0.15, 0.2) is 0 Å². The maximum absolute atomic E-state index is 5.81. The molecule has 1 heterocycles. The van der Waals surface area contributed by atoms with Crippen LogP contribution in [0.25, 0.3) is 0 Å². The third-order valence-electron chi connectivity index (χ3n) is 3.99. The van der Waals surface area contributed by atoms with Gasteiger partial charge in [0.2, 0.25) is 0 Å². The number of benzene rings is 1. The molecule has 2 N–H and O–H groups in total. The normalized spacial score (nSPS) is 18.7. The predicted molar refractivity (Wildman–Crippen MR) is 82.3 cm³/mol. The molecule has 1 aromatic carbocycles. The molecule has 106 valence electrons.